The Morgan fingerprint density at radius 3 is 2.44 bits per heavy atom. The van der Waals surface area contributed by atoms with Crippen molar-refractivity contribution in [2.45, 2.75) is 18.6 Å². The van der Waals surface area contributed by atoms with Crippen LogP contribution in [0.25, 0.3) is 11.1 Å². The number of amides is 1. The fourth-order valence-electron chi connectivity index (χ4n) is 5.11. The van der Waals surface area contributed by atoms with Crippen molar-refractivity contribution < 1.29 is 9.53 Å². The number of ether oxygens (including phenoxy) is 1. The molecule has 0 spiro atoms. The van der Waals surface area contributed by atoms with Crippen molar-refractivity contribution in [1.29, 1.82) is 5.26 Å². The Morgan fingerprint density at radius 1 is 0.956 bits per heavy atom. The predicted octanol–water partition coefficient (Wildman–Crippen LogP) is 6.86. The Balaban J connectivity index is 0.00000230. The molecule has 0 saturated carbocycles. The summed E-state index contributed by atoms with van der Waals surface area (Å²) in [6, 6.07) is 33.1. The van der Waals surface area contributed by atoms with Gasteiger partial charge in [0.2, 0.25) is 5.88 Å². The number of hydrogen-bond donors (Lipinski definition) is 3. The summed E-state index contributed by atoms with van der Waals surface area (Å²) in [4.78, 5) is 21.3. The molecule has 0 saturated heterocycles. The number of benzene rings is 3. The van der Waals surface area contributed by atoms with Gasteiger partial charge in [-0.05, 0) is 72.1 Å². The van der Waals surface area contributed by atoms with Gasteiger partial charge in [-0.15, -0.1) is 24.8 Å². The molecule has 6 rings (SSSR count). The third-order valence-corrected chi connectivity index (χ3v) is 7.40. The van der Waals surface area contributed by atoms with Crippen molar-refractivity contribution in [2.75, 3.05) is 23.7 Å². The smallest absolute Gasteiger partial charge is 0.255 e. The summed E-state index contributed by atoms with van der Waals surface area (Å²) in [5.41, 5.74) is 6.88. The van der Waals surface area contributed by atoms with Crippen LogP contribution in [-0.2, 0) is 6.42 Å². The van der Waals surface area contributed by atoms with Gasteiger partial charge in [-0.25, -0.2) is 4.98 Å². The third kappa shape index (κ3) is 8.16. The zero-order chi connectivity index (χ0) is 29.4. The Kier molecular flexibility index (Phi) is 11.5. The van der Waals surface area contributed by atoms with Crippen LogP contribution in [0.5, 0.6) is 5.88 Å². The van der Waals surface area contributed by atoms with Gasteiger partial charge >= 0.3 is 0 Å². The van der Waals surface area contributed by atoms with Gasteiger partial charge in [-0.1, -0.05) is 54.6 Å². The van der Waals surface area contributed by atoms with E-state index in [1.807, 2.05) is 60.7 Å². The highest BCUT2D eigenvalue weighted by Gasteiger charge is 2.29. The third-order valence-electron chi connectivity index (χ3n) is 7.40. The van der Waals surface area contributed by atoms with E-state index in [0.29, 0.717) is 29.2 Å². The minimum atomic E-state index is -0.192. The van der Waals surface area contributed by atoms with Gasteiger partial charge in [0.25, 0.3) is 5.91 Å². The van der Waals surface area contributed by atoms with Crippen molar-refractivity contribution >= 4 is 42.1 Å². The Hall–Kier alpha value is -4.94. The summed E-state index contributed by atoms with van der Waals surface area (Å²) in [6.07, 6.45) is 5.73. The highest BCUT2D eigenvalue weighted by atomic mass is 35.5. The van der Waals surface area contributed by atoms with E-state index in [9.17, 15) is 4.79 Å². The first-order valence-electron chi connectivity index (χ1n) is 14.2. The molecule has 5 aromatic rings. The number of carbonyl (C=O) groups excluding carboxylic acids is 1. The van der Waals surface area contributed by atoms with Crippen LogP contribution in [0.3, 0.4) is 0 Å². The number of aromatic nitrogens is 2. The molecule has 10 heteroatoms. The molecule has 1 amide bonds. The van der Waals surface area contributed by atoms with Crippen LogP contribution < -0.4 is 20.7 Å². The zero-order valence-corrected chi connectivity index (χ0v) is 25.9. The Morgan fingerprint density at radius 2 is 1.73 bits per heavy atom. The number of nitriles is 1. The molecule has 3 heterocycles. The van der Waals surface area contributed by atoms with Crippen molar-refractivity contribution in [1.82, 2.24) is 15.3 Å². The molecule has 3 N–H and O–H groups in total. The highest BCUT2D eigenvalue weighted by Crippen LogP contribution is 2.34. The van der Waals surface area contributed by atoms with Crippen molar-refractivity contribution in [3.05, 3.63) is 138 Å². The van der Waals surface area contributed by atoms with Gasteiger partial charge in [0.15, 0.2) is 0 Å². The second kappa shape index (κ2) is 15.7. The maximum atomic E-state index is 12.6. The monoisotopic (exact) mass is 638 g/mol. The molecule has 0 unspecified atom stereocenters. The molecule has 0 bridgehead atoms. The van der Waals surface area contributed by atoms with Crippen molar-refractivity contribution in [3.63, 3.8) is 0 Å². The number of pyridine rings is 2. The van der Waals surface area contributed by atoms with Gasteiger partial charge in [-0.2, -0.15) is 5.26 Å². The lowest BCUT2D eigenvalue weighted by atomic mass is 9.99. The molecule has 2 aromatic heterocycles. The number of fused-ring (bicyclic) bond motifs is 1. The molecular formula is C35H32Cl2N6O2. The van der Waals surface area contributed by atoms with Gasteiger partial charge in [0, 0.05) is 23.5 Å². The van der Waals surface area contributed by atoms with Crippen LogP contribution in [0.15, 0.2) is 116 Å². The molecule has 45 heavy (non-hydrogen) atoms. The van der Waals surface area contributed by atoms with E-state index in [2.05, 4.69) is 44.1 Å². The Labute approximate surface area is 274 Å². The first-order chi connectivity index (χ1) is 21.2. The van der Waals surface area contributed by atoms with Crippen LogP contribution in [-0.4, -0.2) is 35.1 Å². The summed E-state index contributed by atoms with van der Waals surface area (Å²) in [6.45, 7) is 1.36. The quantitative estimate of drug-likeness (QED) is 0.162. The first kappa shape index (κ1) is 33.0. The minimum Gasteiger partial charge on any atom is -0.469 e. The maximum absolute atomic E-state index is 12.6. The molecule has 8 nitrogen and oxygen atoms in total. The lowest BCUT2D eigenvalue weighted by Crippen LogP contribution is -2.43. The molecule has 2 atom stereocenters. The number of nitrogens with one attached hydrogen (secondary N) is 3. The molecule has 0 aliphatic carbocycles. The van der Waals surface area contributed by atoms with Gasteiger partial charge in [-0.3, -0.25) is 9.78 Å². The summed E-state index contributed by atoms with van der Waals surface area (Å²) in [5, 5.41) is 19.1. The van der Waals surface area contributed by atoms with E-state index in [0.717, 1.165) is 35.3 Å². The van der Waals surface area contributed by atoms with Crippen LogP contribution in [0, 0.1) is 11.3 Å². The van der Waals surface area contributed by atoms with Gasteiger partial charge in [0.1, 0.15) is 6.10 Å². The number of nitrogens with zero attached hydrogens (tertiary/aromatic N) is 3. The SMILES string of the molecule is Cl.Cl.N#Cc1ccc(CCN[C@H](c2ccccc2)[C@@H]2CNc3cc(-c4ccc(C(=O)Nc5cccnc5)cc4)cnc3O2)cc1. The number of halogens is 2. The lowest BCUT2D eigenvalue weighted by Gasteiger charge is -2.33. The maximum Gasteiger partial charge on any atom is 0.255 e. The van der Waals surface area contributed by atoms with Crippen molar-refractivity contribution in [2.24, 2.45) is 0 Å². The van der Waals surface area contributed by atoms with Crippen LogP contribution in [0.2, 0.25) is 0 Å². The van der Waals surface area contributed by atoms with Crippen LogP contribution >= 0.6 is 24.8 Å². The topological polar surface area (TPSA) is 112 Å². The largest absolute Gasteiger partial charge is 0.469 e. The van der Waals surface area contributed by atoms with E-state index in [1.165, 1.54) is 5.56 Å². The molecule has 0 radical (unpaired) electrons. The van der Waals surface area contributed by atoms with E-state index in [4.69, 9.17) is 10.00 Å². The molecular weight excluding hydrogens is 607 g/mol. The van der Waals surface area contributed by atoms with E-state index >= 15 is 0 Å². The summed E-state index contributed by atoms with van der Waals surface area (Å²) in [7, 11) is 0. The van der Waals surface area contributed by atoms with E-state index in [1.54, 1.807) is 42.9 Å². The van der Waals surface area contributed by atoms with E-state index < -0.39 is 0 Å². The first-order valence-corrected chi connectivity index (χ1v) is 14.2. The second-order valence-electron chi connectivity index (χ2n) is 10.3. The number of hydrogen-bond acceptors (Lipinski definition) is 7. The summed E-state index contributed by atoms with van der Waals surface area (Å²) in [5.74, 6) is 0.366. The standard InChI is InChI=1S/C35H30N6O2.2ClH/c36-20-25-10-8-24(9-11-25)16-18-38-33(27-5-2-1-3-6-27)32-23-39-31-19-29(21-40-35(31)43-32)26-12-14-28(15-13-26)34(42)41-30-7-4-17-37-22-30;;/h1-15,17,19,21-22,32-33,38-39H,16,18,23H2,(H,41,42);2*1H/t32-,33+;;/m0../s1. The minimum absolute atomic E-state index is 0. The molecule has 3 aromatic carbocycles. The Bertz CT molecular complexity index is 1730. The second-order valence-corrected chi connectivity index (χ2v) is 10.3. The number of rotatable bonds is 9. The average Bonchev–Trinajstić information content (AvgIpc) is 3.07. The molecule has 228 valence electrons. The fourth-order valence-corrected chi connectivity index (χ4v) is 5.11. The van der Waals surface area contributed by atoms with E-state index in [-0.39, 0.29) is 42.9 Å². The van der Waals surface area contributed by atoms with Gasteiger partial charge < -0.3 is 20.7 Å². The summed E-state index contributed by atoms with van der Waals surface area (Å²) < 4.78 is 6.45. The van der Waals surface area contributed by atoms with Crippen LogP contribution in [0.1, 0.15) is 33.1 Å². The number of carbonyl (C=O) groups is 1. The average molecular weight is 640 g/mol. The number of anilines is 2. The fraction of sp³-hybridized carbons (Fsp3) is 0.143. The summed E-state index contributed by atoms with van der Waals surface area (Å²) >= 11 is 0. The molecule has 1 aliphatic rings. The van der Waals surface area contributed by atoms with Crippen molar-refractivity contribution in [3.8, 4) is 23.1 Å². The highest BCUT2D eigenvalue weighted by molar-refractivity contribution is 6.04. The predicted molar refractivity (Wildman–Crippen MR) is 181 cm³/mol. The molecule has 1 aliphatic heterocycles. The lowest BCUT2D eigenvalue weighted by molar-refractivity contribution is 0.102. The normalized spacial score (nSPS) is 13.7. The van der Waals surface area contributed by atoms with Gasteiger partial charge in [0.05, 0.1) is 41.8 Å². The zero-order valence-electron chi connectivity index (χ0n) is 24.2. The molecule has 0 fully saturated rings. The van der Waals surface area contributed by atoms with Crippen LogP contribution in [0.4, 0.5) is 11.4 Å².